The van der Waals surface area contributed by atoms with Gasteiger partial charge in [-0.1, -0.05) is 51.3 Å². The number of amides is 1. The fraction of sp³-hybridized carbons (Fsp3) is 0.571. The lowest BCUT2D eigenvalue weighted by Crippen LogP contribution is -2.34. The van der Waals surface area contributed by atoms with Crippen LogP contribution in [-0.4, -0.2) is 67.9 Å². The summed E-state index contributed by atoms with van der Waals surface area (Å²) < 4.78 is 2.12. The molecule has 8 heteroatoms. The van der Waals surface area contributed by atoms with E-state index in [1.54, 1.807) is 6.20 Å². The Balaban J connectivity index is 1.60. The van der Waals surface area contributed by atoms with Crippen molar-refractivity contribution in [1.29, 1.82) is 0 Å². The molecule has 0 atom stereocenters. The molecule has 3 aromatic rings. The molecule has 1 amide bonds. The number of likely N-dealkylation sites (tertiary alicyclic amines) is 1. The highest BCUT2D eigenvalue weighted by Crippen LogP contribution is 2.22. The Hall–Kier alpha value is -3.00. The Morgan fingerprint density at radius 2 is 1.67 bits per heavy atom. The second-order valence-corrected chi connectivity index (χ2v) is 9.74. The first kappa shape index (κ1) is 26.1. The van der Waals surface area contributed by atoms with E-state index in [1.807, 2.05) is 35.2 Å². The molecule has 194 valence electrons. The van der Waals surface area contributed by atoms with Crippen LogP contribution >= 0.6 is 0 Å². The van der Waals surface area contributed by atoms with E-state index in [0.29, 0.717) is 5.52 Å². The molecule has 2 aromatic heterocycles. The maximum Gasteiger partial charge on any atom is 0.291 e. The van der Waals surface area contributed by atoms with Crippen LogP contribution in [-0.2, 0) is 6.54 Å². The second-order valence-electron chi connectivity index (χ2n) is 9.74. The van der Waals surface area contributed by atoms with Crippen LogP contribution in [0, 0.1) is 0 Å². The Kier molecular flexibility index (Phi) is 9.67. The minimum atomic E-state index is -0.0857. The van der Waals surface area contributed by atoms with Gasteiger partial charge in [-0.15, -0.1) is 0 Å². The van der Waals surface area contributed by atoms with Gasteiger partial charge in [0.25, 0.3) is 5.91 Å². The fourth-order valence-electron chi connectivity index (χ4n) is 4.77. The van der Waals surface area contributed by atoms with Gasteiger partial charge in [-0.3, -0.25) is 9.36 Å². The van der Waals surface area contributed by atoms with E-state index < -0.39 is 0 Å². The van der Waals surface area contributed by atoms with Crippen LogP contribution in [0.25, 0.3) is 11.2 Å². The van der Waals surface area contributed by atoms with E-state index in [-0.39, 0.29) is 11.7 Å². The van der Waals surface area contributed by atoms with E-state index in [9.17, 15) is 4.79 Å². The van der Waals surface area contributed by atoms with E-state index in [1.165, 1.54) is 32.4 Å². The number of para-hydroxylation sites is 1. The van der Waals surface area contributed by atoms with Crippen molar-refractivity contribution in [3.05, 3.63) is 42.4 Å². The summed E-state index contributed by atoms with van der Waals surface area (Å²) in [5.41, 5.74) is 2.40. The Labute approximate surface area is 215 Å². The minimum Gasteiger partial charge on any atom is -0.336 e. The lowest BCUT2D eigenvalue weighted by molar-refractivity contribution is 0.0739. The van der Waals surface area contributed by atoms with Gasteiger partial charge < -0.3 is 15.1 Å². The number of nitrogens with zero attached hydrogens (tertiary/aromatic N) is 6. The first-order valence-electron chi connectivity index (χ1n) is 13.8. The molecule has 0 saturated carbocycles. The smallest absolute Gasteiger partial charge is 0.291 e. The Bertz CT molecular complexity index is 1080. The molecule has 1 N–H and O–H groups in total. The summed E-state index contributed by atoms with van der Waals surface area (Å²) in [6, 6.07) is 10.1. The number of hydrogen-bond acceptors (Lipinski definition) is 6. The lowest BCUT2D eigenvalue weighted by atomic mass is 10.1. The van der Waals surface area contributed by atoms with Crippen LogP contribution in [0.3, 0.4) is 0 Å². The molecule has 4 rings (SSSR count). The zero-order chi connectivity index (χ0) is 25.2. The molecular weight excluding hydrogens is 450 g/mol. The molecule has 0 unspecified atom stereocenters. The van der Waals surface area contributed by atoms with Crippen LogP contribution in [0.4, 0.5) is 11.6 Å². The lowest BCUT2D eigenvalue weighted by Gasteiger charge is -2.26. The van der Waals surface area contributed by atoms with Crippen LogP contribution in [0.2, 0.25) is 0 Å². The summed E-state index contributed by atoms with van der Waals surface area (Å²) in [6.07, 6.45) is 10.7. The van der Waals surface area contributed by atoms with E-state index in [4.69, 9.17) is 9.97 Å². The molecule has 1 aliphatic rings. The van der Waals surface area contributed by atoms with E-state index in [2.05, 4.69) is 33.6 Å². The number of unbranched alkanes of at least 4 members (excludes halogenated alkanes) is 2. The first-order valence-corrected chi connectivity index (χ1v) is 13.8. The summed E-state index contributed by atoms with van der Waals surface area (Å²) in [5, 5.41) is 3.45. The average Bonchev–Trinajstić information content (AvgIpc) is 3.25. The van der Waals surface area contributed by atoms with Crippen LogP contribution in [0.1, 0.15) is 75.8 Å². The summed E-state index contributed by atoms with van der Waals surface area (Å²) >= 11 is 0. The van der Waals surface area contributed by atoms with Gasteiger partial charge in [-0.25, -0.2) is 15.0 Å². The normalized spacial score (nSPS) is 14.3. The highest BCUT2D eigenvalue weighted by molar-refractivity contribution is 5.92. The second kappa shape index (κ2) is 13.3. The number of carbonyl (C=O) groups excluding carboxylic acids is 1. The van der Waals surface area contributed by atoms with Crippen molar-refractivity contribution < 1.29 is 4.79 Å². The molecule has 0 bridgehead atoms. The molecule has 8 nitrogen and oxygen atoms in total. The van der Waals surface area contributed by atoms with Gasteiger partial charge in [-0.2, -0.15) is 0 Å². The maximum absolute atomic E-state index is 13.4. The highest BCUT2D eigenvalue weighted by atomic mass is 16.2. The zero-order valence-corrected chi connectivity index (χ0v) is 22.0. The molecule has 1 aromatic carbocycles. The Morgan fingerprint density at radius 1 is 0.944 bits per heavy atom. The molecule has 36 heavy (non-hydrogen) atoms. The van der Waals surface area contributed by atoms with E-state index in [0.717, 1.165) is 75.6 Å². The molecule has 0 aliphatic carbocycles. The third-order valence-electron chi connectivity index (χ3n) is 6.86. The van der Waals surface area contributed by atoms with Crippen molar-refractivity contribution >= 4 is 28.7 Å². The van der Waals surface area contributed by atoms with Crippen molar-refractivity contribution in [3.8, 4) is 0 Å². The molecule has 3 heterocycles. The first-order chi connectivity index (χ1) is 17.7. The molecule has 1 fully saturated rings. The zero-order valence-electron chi connectivity index (χ0n) is 22.0. The van der Waals surface area contributed by atoms with Gasteiger partial charge in [0.2, 0.25) is 11.8 Å². The predicted octanol–water partition coefficient (Wildman–Crippen LogP) is 5.49. The molecule has 1 aliphatic heterocycles. The largest absolute Gasteiger partial charge is 0.336 e. The van der Waals surface area contributed by atoms with Crippen molar-refractivity contribution in [2.24, 2.45) is 0 Å². The van der Waals surface area contributed by atoms with E-state index >= 15 is 0 Å². The summed E-state index contributed by atoms with van der Waals surface area (Å²) in [5.74, 6) is 0.915. The van der Waals surface area contributed by atoms with Gasteiger partial charge in [-0.05, 0) is 63.9 Å². The third-order valence-corrected chi connectivity index (χ3v) is 6.86. The van der Waals surface area contributed by atoms with Crippen molar-refractivity contribution in [1.82, 2.24) is 29.3 Å². The number of hydrogen-bond donors (Lipinski definition) is 1. The maximum atomic E-state index is 13.4. The monoisotopic (exact) mass is 491 g/mol. The summed E-state index contributed by atoms with van der Waals surface area (Å²) in [6.45, 7) is 9.99. The predicted molar refractivity (Wildman–Crippen MR) is 146 cm³/mol. The molecule has 1 saturated heterocycles. The van der Waals surface area contributed by atoms with Gasteiger partial charge >= 0.3 is 0 Å². The topological polar surface area (TPSA) is 79.2 Å². The van der Waals surface area contributed by atoms with Crippen molar-refractivity contribution in [3.63, 3.8) is 0 Å². The number of anilines is 2. The standard InChI is InChI=1S/C28H41N7O/c1-3-5-19-34(20-6-4-2)27(36)25-29-22-24-26(32-25)35(21-13-18-33-16-11-8-12-17-33)28(31-24)30-23-14-9-7-10-15-23/h7,9-10,14-15,22H,3-6,8,11-13,16-21H2,1-2H3,(H,30,31). The SMILES string of the molecule is CCCCN(CCCC)C(=O)c1ncc2nc(Nc3ccccc3)n(CCCN3CCCCC3)c2n1. The number of fused-ring (bicyclic) bond motifs is 1. The van der Waals surface area contributed by atoms with Gasteiger partial charge in [0, 0.05) is 25.3 Å². The molecule has 0 spiro atoms. The third kappa shape index (κ3) is 6.81. The quantitative estimate of drug-likeness (QED) is 0.341. The molecular formula is C28H41N7O. The number of aromatic nitrogens is 4. The minimum absolute atomic E-state index is 0.0857. The van der Waals surface area contributed by atoms with Gasteiger partial charge in [0.05, 0.1) is 6.20 Å². The van der Waals surface area contributed by atoms with Crippen LogP contribution in [0.15, 0.2) is 36.5 Å². The van der Waals surface area contributed by atoms with Gasteiger partial charge in [0.1, 0.15) is 5.52 Å². The number of carbonyl (C=O) groups is 1. The van der Waals surface area contributed by atoms with Crippen LogP contribution < -0.4 is 5.32 Å². The number of aryl methyl sites for hydroxylation is 1. The van der Waals surface area contributed by atoms with Gasteiger partial charge in [0.15, 0.2) is 5.65 Å². The Morgan fingerprint density at radius 3 is 2.36 bits per heavy atom. The highest BCUT2D eigenvalue weighted by Gasteiger charge is 2.21. The average molecular weight is 492 g/mol. The molecule has 0 radical (unpaired) electrons. The number of imidazole rings is 1. The number of benzene rings is 1. The number of rotatable bonds is 13. The summed E-state index contributed by atoms with van der Waals surface area (Å²) in [4.78, 5) is 31.9. The van der Waals surface area contributed by atoms with Crippen LogP contribution in [0.5, 0.6) is 0 Å². The summed E-state index contributed by atoms with van der Waals surface area (Å²) in [7, 11) is 0. The fourth-order valence-corrected chi connectivity index (χ4v) is 4.77. The van der Waals surface area contributed by atoms with Crippen molar-refractivity contribution in [2.75, 3.05) is 38.0 Å². The number of piperidine rings is 1. The number of nitrogens with one attached hydrogen (secondary N) is 1. The van der Waals surface area contributed by atoms with Crippen molar-refractivity contribution in [2.45, 2.75) is 71.8 Å².